The zero-order chi connectivity index (χ0) is 26.4. The van der Waals surface area contributed by atoms with E-state index in [1.54, 1.807) is 26.2 Å². The maximum atomic E-state index is 13.4. The molecule has 2 aromatic rings. The van der Waals surface area contributed by atoms with Crippen molar-refractivity contribution in [1.82, 2.24) is 19.9 Å². The summed E-state index contributed by atoms with van der Waals surface area (Å²) >= 11 is 0. The lowest BCUT2D eigenvalue weighted by Crippen LogP contribution is -2.43. The molecule has 37 heavy (non-hydrogen) atoms. The van der Waals surface area contributed by atoms with Crippen LogP contribution in [0, 0.1) is 5.41 Å². The number of alkyl halides is 3. The number of fused-ring (bicyclic) bond motifs is 2. The third-order valence-corrected chi connectivity index (χ3v) is 6.81. The number of halogens is 3. The smallest absolute Gasteiger partial charge is 0.406 e. The summed E-state index contributed by atoms with van der Waals surface area (Å²) in [4.78, 5) is 31.3. The lowest BCUT2D eigenvalue weighted by molar-refractivity contribution is -0.142. The first-order chi connectivity index (χ1) is 17.6. The topological polar surface area (TPSA) is 108 Å². The van der Waals surface area contributed by atoms with Crippen molar-refractivity contribution in [3.05, 3.63) is 35.9 Å². The minimum absolute atomic E-state index is 0.0975. The third kappa shape index (κ3) is 4.91. The monoisotopic (exact) mass is 519 g/mol. The molecule has 1 saturated carbocycles. The molecule has 2 aliphatic heterocycles. The number of carbonyl (C=O) groups is 1. The Morgan fingerprint density at radius 3 is 2.54 bits per heavy atom. The van der Waals surface area contributed by atoms with Gasteiger partial charge in [0.05, 0.1) is 30.5 Å². The van der Waals surface area contributed by atoms with Gasteiger partial charge in [-0.15, -0.1) is 0 Å². The summed E-state index contributed by atoms with van der Waals surface area (Å²) in [7, 11) is 0. The average Bonchev–Trinajstić information content (AvgIpc) is 3.64. The molecular weight excluding hydrogens is 491 g/mol. The first kappa shape index (κ1) is 25.2. The van der Waals surface area contributed by atoms with Gasteiger partial charge >= 0.3 is 6.18 Å². The molecule has 0 radical (unpaired) electrons. The summed E-state index contributed by atoms with van der Waals surface area (Å²) in [6.45, 7) is 4.23. The van der Waals surface area contributed by atoms with Crippen LogP contribution in [0.1, 0.15) is 38.1 Å². The van der Waals surface area contributed by atoms with Gasteiger partial charge in [0.1, 0.15) is 18.2 Å². The van der Waals surface area contributed by atoms with Crippen LogP contribution >= 0.6 is 0 Å². The number of pyridine rings is 1. The van der Waals surface area contributed by atoms with Crippen LogP contribution in [-0.2, 0) is 26.3 Å². The van der Waals surface area contributed by atoms with E-state index < -0.39 is 30.2 Å². The molecule has 2 fully saturated rings. The zero-order valence-corrected chi connectivity index (χ0v) is 20.6. The summed E-state index contributed by atoms with van der Waals surface area (Å²) in [6, 6.07) is 2.47. The summed E-state index contributed by atoms with van der Waals surface area (Å²) in [5, 5.41) is 8.01. The molecule has 2 aromatic heterocycles. The van der Waals surface area contributed by atoms with E-state index in [2.05, 4.69) is 19.9 Å². The van der Waals surface area contributed by atoms with Crippen LogP contribution in [-0.4, -0.2) is 76.8 Å². The number of amidine groups is 1. The molecule has 5 rings (SSSR count). The molecule has 0 aromatic carbocycles. The summed E-state index contributed by atoms with van der Waals surface area (Å²) in [5.41, 5.74) is 0.641. The lowest BCUT2D eigenvalue weighted by Gasteiger charge is -2.29. The Morgan fingerprint density at radius 2 is 1.95 bits per heavy atom. The maximum absolute atomic E-state index is 13.4. The number of rotatable bonds is 6. The predicted octanol–water partition coefficient (Wildman–Crippen LogP) is 3.14. The van der Waals surface area contributed by atoms with Gasteiger partial charge in [-0.3, -0.25) is 15.1 Å². The zero-order valence-electron chi connectivity index (χ0n) is 20.6. The summed E-state index contributed by atoms with van der Waals surface area (Å²) in [5.74, 6) is 1.27. The predicted molar refractivity (Wildman–Crippen MR) is 128 cm³/mol. The van der Waals surface area contributed by atoms with Crippen molar-refractivity contribution >= 4 is 29.3 Å². The van der Waals surface area contributed by atoms with Crippen LogP contribution in [0.15, 0.2) is 24.5 Å². The van der Waals surface area contributed by atoms with Gasteiger partial charge in [-0.2, -0.15) is 13.2 Å². The molecule has 1 spiro atoms. The van der Waals surface area contributed by atoms with Crippen molar-refractivity contribution in [2.24, 2.45) is 0 Å². The van der Waals surface area contributed by atoms with Crippen LogP contribution in [0.3, 0.4) is 0 Å². The number of anilines is 3. The molecule has 0 atom stereocenters. The number of morpholine rings is 1. The van der Waals surface area contributed by atoms with Crippen LogP contribution < -0.4 is 9.80 Å². The van der Waals surface area contributed by atoms with Crippen molar-refractivity contribution < 1.29 is 27.4 Å². The van der Waals surface area contributed by atoms with E-state index in [1.807, 2.05) is 12.1 Å². The highest BCUT2D eigenvalue weighted by atomic mass is 19.4. The minimum atomic E-state index is -4.48. The molecule has 1 amide bonds. The fourth-order valence-electron chi connectivity index (χ4n) is 4.65. The molecule has 0 bridgehead atoms. The van der Waals surface area contributed by atoms with E-state index in [0.717, 1.165) is 29.4 Å². The van der Waals surface area contributed by atoms with E-state index in [9.17, 15) is 18.0 Å². The molecule has 1 saturated heterocycles. The summed E-state index contributed by atoms with van der Waals surface area (Å²) in [6.07, 6.45) is 0.133. The first-order valence-corrected chi connectivity index (χ1v) is 12.1. The molecular formula is C24H28F3N7O3. The van der Waals surface area contributed by atoms with Gasteiger partial charge in [-0.1, -0.05) is 0 Å². The number of ether oxygens (including phenoxy) is 2. The highest BCUT2D eigenvalue weighted by molar-refractivity contribution is 6.13. The van der Waals surface area contributed by atoms with Crippen molar-refractivity contribution in [2.45, 2.75) is 50.9 Å². The number of nitrogens with zero attached hydrogens (tertiary/aromatic N) is 6. The number of carbonyl (C=O) groups excluding carboxylic acids is 1. The summed E-state index contributed by atoms with van der Waals surface area (Å²) < 4.78 is 49.5. The highest BCUT2D eigenvalue weighted by Crippen LogP contribution is 2.58. The molecule has 3 aliphatic rings. The van der Waals surface area contributed by atoms with E-state index >= 15 is 0 Å². The Morgan fingerprint density at radius 1 is 1.22 bits per heavy atom. The van der Waals surface area contributed by atoms with Gasteiger partial charge in [-0.25, -0.2) is 15.0 Å². The minimum Gasteiger partial charge on any atom is -0.457 e. The van der Waals surface area contributed by atoms with E-state index in [-0.39, 0.29) is 18.3 Å². The molecule has 1 aliphatic carbocycles. The van der Waals surface area contributed by atoms with Gasteiger partial charge in [0, 0.05) is 30.9 Å². The Kier molecular flexibility index (Phi) is 6.42. The lowest BCUT2D eigenvalue weighted by atomic mass is 10.0. The highest BCUT2D eigenvalue weighted by Gasteiger charge is 2.60. The second-order valence-corrected chi connectivity index (χ2v) is 9.65. The van der Waals surface area contributed by atoms with E-state index in [0.29, 0.717) is 37.6 Å². The van der Waals surface area contributed by atoms with Gasteiger partial charge in [-0.05, 0) is 38.8 Å². The van der Waals surface area contributed by atoms with Gasteiger partial charge in [0.15, 0.2) is 12.4 Å². The average molecular weight is 520 g/mol. The quantitative estimate of drug-likeness (QED) is 0.458. The van der Waals surface area contributed by atoms with E-state index in [1.165, 1.54) is 4.90 Å². The molecule has 13 heteroatoms. The molecule has 10 nitrogen and oxygen atoms in total. The Balaban J connectivity index is 1.35. The Labute approximate surface area is 211 Å². The van der Waals surface area contributed by atoms with Crippen molar-refractivity contribution in [1.29, 1.82) is 5.41 Å². The van der Waals surface area contributed by atoms with Gasteiger partial charge in [0.2, 0.25) is 5.91 Å². The largest absolute Gasteiger partial charge is 0.457 e. The molecule has 4 heterocycles. The molecule has 198 valence electrons. The van der Waals surface area contributed by atoms with Crippen LogP contribution in [0.4, 0.5) is 30.5 Å². The normalized spacial score (nSPS) is 18.4. The first-order valence-electron chi connectivity index (χ1n) is 12.1. The second kappa shape index (κ2) is 9.43. The standard InChI is InChI=1S/C24H28F3N7O3/c1-15(2)33(14-24(25,26)27)22(28)37-13-18-29-12-17-20(31-18)34(21(35)23(17)5-6-23)16-3-4-19(30-11-16)32-7-9-36-10-8-32/h3-4,11-12,15,28H,5-10,13-14H2,1-2H3. The van der Waals surface area contributed by atoms with Crippen molar-refractivity contribution in [3.63, 3.8) is 0 Å². The Bertz CT molecular complexity index is 1180. The van der Waals surface area contributed by atoms with Gasteiger partial charge in [0.25, 0.3) is 6.02 Å². The van der Waals surface area contributed by atoms with E-state index in [4.69, 9.17) is 14.9 Å². The fourth-order valence-corrected chi connectivity index (χ4v) is 4.65. The van der Waals surface area contributed by atoms with Crippen molar-refractivity contribution in [3.8, 4) is 0 Å². The van der Waals surface area contributed by atoms with Crippen LogP contribution in [0.5, 0.6) is 0 Å². The van der Waals surface area contributed by atoms with Crippen molar-refractivity contribution in [2.75, 3.05) is 42.6 Å². The maximum Gasteiger partial charge on any atom is 0.406 e. The molecule has 1 N–H and O–H groups in total. The number of aromatic nitrogens is 3. The third-order valence-electron chi connectivity index (χ3n) is 6.81. The number of nitrogens with one attached hydrogen (secondary N) is 1. The fraction of sp³-hybridized carbons (Fsp3) is 0.542. The van der Waals surface area contributed by atoms with Gasteiger partial charge < -0.3 is 19.3 Å². The van der Waals surface area contributed by atoms with Crippen LogP contribution in [0.25, 0.3) is 0 Å². The SMILES string of the molecule is CC(C)N(CC(F)(F)F)C(=N)OCc1ncc2c(n1)N(c1ccc(N3CCOCC3)nc1)C(=O)C21CC1. The second-order valence-electron chi connectivity index (χ2n) is 9.65. The number of hydrogen-bond donors (Lipinski definition) is 1. The Hall–Kier alpha value is -3.48. The molecule has 0 unspecified atom stereocenters. The number of hydrogen-bond acceptors (Lipinski definition) is 8. The number of amides is 1. The van der Waals surface area contributed by atoms with Crippen LogP contribution in [0.2, 0.25) is 0 Å².